The molecule has 1 saturated heterocycles. The highest BCUT2D eigenvalue weighted by molar-refractivity contribution is 5.51. The standard InChI is InChI=1S/C6H9NO.H2O/c8-5-6-3-1-2-4-7-6;/h7H,1-4H2;1H2. The minimum Gasteiger partial charge on any atom is -0.412 e. The van der Waals surface area contributed by atoms with E-state index in [9.17, 15) is 4.79 Å². The van der Waals surface area contributed by atoms with Crippen LogP contribution in [0.2, 0.25) is 0 Å². The van der Waals surface area contributed by atoms with E-state index in [1.807, 2.05) is 5.94 Å². The molecule has 0 saturated carbocycles. The predicted octanol–water partition coefficient (Wildman–Crippen LogP) is -0.349. The van der Waals surface area contributed by atoms with Crippen LogP contribution in [-0.2, 0) is 4.79 Å². The Morgan fingerprint density at radius 2 is 2.22 bits per heavy atom. The third-order valence-electron chi connectivity index (χ3n) is 1.32. The van der Waals surface area contributed by atoms with Gasteiger partial charge < -0.3 is 10.8 Å². The van der Waals surface area contributed by atoms with Gasteiger partial charge in [-0.3, -0.25) is 0 Å². The van der Waals surface area contributed by atoms with Crippen LogP contribution in [0.3, 0.4) is 0 Å². The van der Waals surface area contributed by atoms with E-state index in [1.54, 1.807) is 0 Å². The van der Waals surface area contributed by atoms with Gasteiger partial charge in [-0.25, -0.2) is 4.79 Å². The van der Waals surface area contributed by atoms with Crippen molar-refractivity contribution in [2.24, 2.45) is 0 Å². The van der Waals surface area contributed by atoms with Crippen LogP contribution >= 0.6 is 0 Å². The van der Waals surface area contributed by atoms with Gasteiger partial charge in [0.1, 0.15) is 5.94 Å². The molecule has 1 rings (SSSR count). The molecule has 0 radical (unpaired) electrons. The van der Waals surface area contributed by atoms with Gasteiger partial charge in [0.15, 0.2) is 0 Å². The lowest BCUT2D eigenvalue weighted by atomic mass is 10.1. The number of carbonyl (C=O) groups excluding carboxylic acids is 1. The average molecular weight is 129 g/mol. The van der Waals surface area contributed by atoms with Crippen LogP contribution in [0.4, 0.5) is 0 Å². The van der Waals surface area contributed by atoms with Crippen LogP contribution in [0.15, 0.2) is 5.70 Å². The van der Waals surface area contributed by atoms with Gasteiger partial charge in [0.2, 0.25) is 0 Å². The summed E-state index contributed by atoms with van der Waals surface area (Å²) in [4.78, 5) is 9.94. The molecule has 52 valence electrons. The normalized spacial score (nSPS) is 17.1. The third kappa shape index (κ3) is 2.31. The zero-order chi connectivity index (χ0) is 5.82. The summed E-state index contributed by atoms with van der Waals surface area (Å²) in [7, 11) is 0. The Balaban J connectivity index is 0.000000640. The van der Waals surface area contributed by atoms with Gasteiger partial charge in [-0.15, -0.1) is 0 Å². The lowest BCUT2D eigenvalue weighted by Gasteiger charge is -2.11. The minimum atomic E-state index is 0. The molecule has 0 aromatic rings. The topological polar surface area (TPSA) is 60.6 Å². The van der Waals surface area contributed by atoms with Gasteiger partial charge in [0.25, 0.3) is 0 Å². The monoisotopic (exact) mass is 129 g/mol. The van der Waals surface area contributed by atoms with Crippen molar-refractivity contribution in [1.82, 2.24) is 5.32 Å². The third-order valence-corrected chi connectivity index (χ3v) is 1.32. The van der Waals surface area contributed by atoms with Crippen molar-refractivity contribution in [3.8, 4) is 0 Å². The second-order valence-electron chi connectivity index (χ2n) is 1.96. The quantitative estimate of drug-likeness (QED) is 0.454. The number of nitrogens with one attached hydrogen (secondary N) is 1. The molecular weight excluding hydrogens is 118 g/mol. The summed E-state index contributed by atoms with van der Waals surface area (Å²) < 4.78 is 0. The molecule has 0 atom stereocenters. The van der Waals surface area contributed by atoms with E-state index in [1.165, 1.54) is 6.42 Å². The minimum absolute atomic E-state index is 0. The lowest BCUT2D eigenvalue weighted by molar-refractivity contribution is 0.547. The molecule has 1 aliphatic heterocycles. The van der Waals surface area contributed by atoms with Gasteiger partial charge in [-0.05, 0) is 19.3 Å². The number of rotatable bonds is 0. The van der Waals surface area contributed by atoms with Crippen LogP contribution in [0, 0.1) is 0 Å². The fraction of sp³-hybridized carbons (Fsp3) is 0.667. The van der Waals surface area contributed by atoms with E-state index >= 15 is 0 Å². The molecule has 1 aliphatic rings. The first-order chi connectivity index (χ1) is 3.93. The summed E-state index contributed by atoms with van der Waals surface area (Å²) in [5.41, 5.74) is 0.747. The molecule has 0 spiro atoms. The van der Waals surface area contributed by atoms with Crippen LogP contribution in [0.25, 0.3) is 0 Å². The van der Waals surface area contributed by atoms with E-state index < -0.39 is 0 Å². The van der Waals surface area contributed by atoms with Gasteiger partial charge >= 0.3 is 0 Å². The van der Waals surface area contributed by atoms with Crippen LogP contribution in [0.5, 0.6) is 0 Å². The van der Waals surface area contributed by atoms with Gasteiger partial charge in [0.05, 0.1) is 5.70 Å². The molecule has 0 unspecified atom stereocenters. The Morgan fingerprint density at radius 1 is 1.44 bits per heavy atom. The van der Waals surface area contributed by atoms with E-state index in [4.69, 9.17) is 0 Å². The number of allylic oxidation sites excluding steroid dienone is 1. The van der Waals surface area contributed by atoms with Crippen molar-refractivity contribution < 1.29 is 10.3 Å². The van der Waals surface area contributed by atoms with Gasteiger partial charge in [0, 0.05) is 6.54 Å². The first-order valence-electron chi connectivity index (χ1n) is 2.91. The van der Waals surface area contributed by atoms with Crippen LogP contribution in [-0.4, -0.2) is 18.0 Å². The molecule has 3 nitrogen and oxygen atoms in total. The van der Waals surface area contributed by atoms with Crippen molar-refractivity contribution in [2.75, 3.05) is 6.54 Å². The molecule has 0 aromatic carbocycles. The maximum Gasteiger partial charge on any atom is 0.145 e. The number of piperidine rings is 1. The second-order valence-corrected chi connectivity index (χ2v) is 1.96. The number of hydrogen-bond donors (Lipinski definition) is 1. The molecule has 0 amide bonds. The largest absolute Gasteiger partial charge is 0.412 e. The maximum absolute atomic E-state index is 9.94. The molecule has 0 bridgehead atoms. The van der Waals surface area contributed by atoms with E-state index in [0.717, 1.165) is 25.1 Å². The molecule has 0 aliphatic carbocycles. The summed E-state index contributed by atoms with van der Waals surface area (Å²) in [5.74, 6) is 1.86. The maximum atomic E-state index is 9.94. The van der Waals surface area contributed by atoms with Crippen LogP contribution < -0.4 is 5.32 Å². The Labute approximate surface area is 54.1 Å². The fourth-order valence-electron chi connectivity index (χ4n) is 0.842. The molecule has 1 fully saturated rings. The van der Waals surface area contributed by atoms with Gasteiger partial charge in [-0.2, -0.15) is 0 Å². The summed E-state index contributed by atoms with van der Waals surface area (Å²) in [5, 5.41) is 2.96. The van der Waals surface area contributed by atoms with Crippen molar-refractivity contribution >= 4 is 5.94 Å². The molecular formula is C6H11NO2. The second kappa shape index (κ2) is 4.13. The first-order valence-corrected chi connectivity index (χ1v) is 2.91. The molecule has 3 heteroatoms. The fourth-order valence-corrected chi connectivity index (χ4v) is 0.842. The zero-order valence-electron chi connectivity index (χ0n) is 5.24. The smallest absolute Gasteiger partial charge is 0.145 e. The molecule has 0 aromatic heterocycles. The Morgan fingerprint density at radius 3 is 2.56 bits per heavy atom. The predicted molar refractivity (Wildman–Crippen MR) is 34.7 cm³/mol. The zero-order valence-corrected chi connectivity index (χ0v) is 5.24. The molecule has 3 N–H and O–H groups in total. The van der Waals surface area contributed by atoms with E-state index in [2.05, 4.69) is 5.32 Å². The highest BCUT2D eigenvalue weighted by atomic mass is 16.1. The van der Waals surface area contributed by atoms with Crippen molar-refractivity contribution in [1.29, 1.82) is 0 Å². The van der Waals surface area contributed by atoms with Crippen molar-refractivity contribution in [2.45, 2.75) is 19.3 Å². The van der Waals surface area contributed by atoms with E-state index in [0.29, 0.717) is 0 Å². The SMILES string of the molecule is O.O=C=C1CCCCN1. The molecule has 9 heavy (non-hydrogen) atoms. The summed E-state index contributed by atoms with van der Waals surface area (Å²) >= 11 is 0. The van der Waals surface area contributed by atoms with E-state index in [-0.39, 0.29) is 5.48 Å². The summed E-state index contributed by atoms with van der Waals surface area (Å²) in [6, 6.07) is 0. The van der Waals surface area contributed by atoms with Crippen LogP contribution in [0.1, 0.15) is 19.3 Å². The first kappa shape index (κ1) is 8.21. The summed E-state index contributed by atoms with van der Waals surface area (Å²) in [6.45, 7) is 0.949. The van der Waals surface area contributed by atoms with Crippen molar-refractivity contribution in [3.05, 3.63) is 5.70 Å². The van der Waals surface area contributed by atoms with Gasteiger partial charge in [-0.1, -0.05) is 0 Å². The Bertz CT molecular complexity index is 119. The number of hydrogen-bond acceptors (Lipinski definition) is 2. The van der Waals surface area contributed by atoms with Crippen molar-refractivity contribution in [3.63, 3.8) is 0 Å². The highest BCUT2D eigenvalue weighted by Gasteiger charge is 2.02. The Hall–Kier alpha value is -0.790. The summed E-state index contributed by atoms with van der Waals surface area (Å²) in [6.07, 6.45) is 3.21. The molecule has 1 heterocycles. The lowest BCUT2D eigenvalue weighted by Crippen LogP contribution is -2.19. The Kier molecular flexibility index (Phi) is 3.76. The average Bonchev–Trinajstić information content (AvgIpc) is 1.90. The highest BCUT2D eigenvalue weighted by Crippen LogP contribution is 2.05.